The minimum Gasteiger partial charge on any atom is -0.495 e. The summed E-state index contributed by atoms with van der Waals surface area (Å²) in [6, 6.07) is 8.48. The van der Waals surface area contributed by atoms with Gasteiger partial charge in [-0.2, -0.15) is 0 Å². The average molecular weight is 591 g/mol. The zero-order chi connectivity index (χ0) is 27.3. The molecule has 8 nitrogen and oxygen atoms in total. The van der Waals surface area contributed by atoms with Crippen LogP contribution in [0.1, 0.15) is 38.2 Å². The third-order valence-corrected chi connectivity index (χ3v) is 8.51. The Labute approximate surface area is 232 Å². The van der Waals surface area contributed by atoms with Crippen molar-refractivity contribution in [3.05, 3.63) is 57.0 Å². The lowest BCUT2D eigenvalue weighted by atomic mass is 10.1. The summed E-state index contributed by atoms with van der Waals surface area (Å²) < 4.78 is 31.5. The first-order valence-electron chi connectivity index (χ1n) is 11.8. The van der Waals surface area contributed by atoms with Crippen LogP contribution in [-0.4, -0.2) is 57.1 Å². The van der Waals surface area contributed by atoms with Crippen LogP contribution in [-0.2, 0) is 26.2 Å². The summed E-state index contributed by atoms with van der Waals surface area (Å²) in [4.78, 5) is 28.1. The monoisotopic (exact) mass is 589 g/mol. The van der Waals surface area contributed by atoms with E-state index in [2.05, 4.69) is 5.32 Å². The highest BCUT2D eigenvalue weighted by molar-refractivity contribution is 7.92. The summed E-state index contributed by atoms with van der Waals surface area (Å²) in [5.41, 5.74) is 0.638. The molecule has 0 bridgehead atoms. The fraction of sp³-hybridized carbons (Fsp3) is 0.440. The molecule has 0 heterocycles. The van der Waals surface area contributed by atoms with Crippen molar-refractivity contribution < 1.29 is 22.7 Å². The van der Waals surface area contributed by atoms with Crippen molar-refractivity contribution >= 4 is 62.3 Å². The minimum atomic E-state index is -3.90. The molecule has 1 fully saturated rings. The largest absolute Gasteiger partial charge is 0.495 e. The normalized spacial score (nSPS) is 14.8. The van der Waals surface area contributed by atoms with E-state index in [4.69, 9.17) is 39.5 Å². The van der Waals surface area contributed by atoms with Gasteiger partial charge in [0.2, 0.25) is 21.8 Å². The van der Waals surface area contributed by atoms with Gasteiger partial charge in [-0.15, -0.1) is 0 Å². The molecule has 202 valence electrons. The Morgan fingerprint density at radius 1 is 1.08 bits per heavy atom. The number of sulfonamides is 1. The lowest BCUT2D eigenvalue weighted by Gasteiger charge is -2.32. The molecule has 0 spiro atoms. The summed E-state index contributed by atoms with van der Waals surface area (Å²) in [5, 5.41) is 3.85. The van der Waals surface area contributed by atoms with E-state index in [-0.39, 0.29) is 29.2 Å². The van der Waals surface area contributed by atoms with Crippen LogP contribution >= 0.6 is 34.8 Å². The van der Waals surface area contributed by atoms with Gasteiger partial charge >= 0.3 is 0 Å². The van der Waals surface area contributed by atoms with Gasteiger partial charge in [0.15, 0.2) is 0 Å². The number of carbonyl (C=O) groups excluding carboxylic acids is 2. The van der Waals surface area contributed by atoms with Crippen LogP contribution in [0.2, 0.25) is 15.1 Å². The molecule has 1 aliphatic rings. The Kier molecular flexibility index (Phi) is 9.97. The Bertz CT molecular complexity index is 1230. The van der Waals surface area contributed by atoms with Crippen LogP contribution in [0.5, 0.6) is 5.75 Å². The highest BCUT2D eigenvalue weighted by Crippen LogP contribution is 2.31. The standard InChI is InChI=1S/C25H30Cl3N3O5S/c1-16(25(33)29-17-7-4-5-8-17)30(14-19-20(26)9-6-10-21(19)27)24(32)15-31(37(3,34)35)18-11-12-23(36-2)22(28)13-18/h6,9-13,16-17H,4-5,7-8,14-15H2,1-3H3,(H,29,33)/t16-/m0/s1. The van der Waals surface area contributed by atoms with Gasteiger partial charge in [-0.3, -0.25) is 13.9 Å². The molecule has 1 atom stereocenters. The summed E-state index contributed by atoms with van der Waals surface area (Å²) in [6.07, 6.45) is 4.81. The summed E-state index contributed by atoms with van der Waals surface area (Å²) in [5.74, 6) is -0.582. The molecule has 0 aliphatic heterocycles. The van der Waals surface area contributed by atoms with Crippen LogP contribution in [0.3, 0.4) is 0 Å². The molecule has 12 heteroatoms. The van der Waals surface area contributed by atoms with Crippen molar-refractivity contribution in [3.8, 4) is 5.75 Å². The lowest BCUT2D eigenvalue weighted by molar-refractivity contribution is -0.139. The number of benzene rings is 2. The fourth-order valence-electron chi connectivity index (χ4n) is 4.25. The molecule has 2 aromatic rings. The fourth-order valence-corrected chi connectivity index (χ4v) is 5.86. The Hall–Kier alpha value is -2.20. The SMILES string of the molecule is COc1ccc(N(CC(=O)N(Cc2c(Cl)cccc2Cl)[C@@H](C)C(=O)NC2CCCC2)S(C)(=O)=O)cc1Cl. The van der Waals surface area contributed by atoms with Gasteiger partial charge in [-0.1, -0.05) is 53.7 Å². The van der Waals surface area contributed by atoms with Crippen molar-refractivity contribution in [3.63, 3.8) is 0 Å². The molecule has 2 amide bonds. The Morgan fingerprint density at radius 3 is 2.24 bits per heavy atom. The van der Waals surface area contributed by atoms with E-state index in [1.165, 1.54) is 30.2 Å². The zero-order valence-corrected chi connectivity index (χ0v) is 23.9. The van der Waals surface area contributed by atoms with Gasteiger partial charge in [0.05, 0.1) is 24.1 Å². The molecule has 0 unspecified atom stereocenters. The quantitative estimate of drug-likeness (QED) is 0.425. The van der Waals surface area contributed by atoms with Gasteiger partial charge in [0, 0.05) is 28.2 Å². The first-order valence-corrected chi connectivity index (χ1v) is 14.7. The second kappa shape index (κ2) is 12.6. The minimum absolute atomic E-state index is 0.0461. The molecule has 3 rings (SSSR count). The summed E-state index contributed by atoms with van der Waals surface area (Å²) >= 11 is 18.9. The maximum atomic E-state index is 13.7. The van der Waals surface area contributed by atoms with E-state index in [0.717, 1.165) is 36.2 Å². The summed E-state index contributed by atoms with van der Waals surface area (Å²) in [7, 11) is -2.46. The van der Waals surface area contributed by atoms with Gasteiger partial charge in [-0.25, -0.2) is 8.42 Å². The molecule has 1 N–H and O–H groups in total. The van der Waals surface area contributed by atoms with E-state index >= 15 is 0 Å². The van der Waals surface area contributed by atoms with Crippen molar-refractivity contribution in [1.82, 2.24) is 10.2 Å². The number of hydrogen-bond acceptors (Lipinski definition) is 5. The first kappa shape index (κ1) is 29.4. The number of halogens is 3. The molecule has 0 aromatic heterocycles. The van der Waals surface area contributed by atoms with E-state index in [1.807, 2.05) is 0 Å². The molecule has 1 aliphatic carbocycles. The van der Waals surface area contributed by atoms with Gasteiger partial charge in [0.1, 0.15) is 18.3 Å². The average Bonchev–Trinajstić information content (AvgIpc) is 3.34. The van der Waals surface area contributed by atoms with Crippen molar-refractivity contribution in [2.75, 3.05) is 24.2 Å². The maximum Gasteiger partial charge on any atom is 0.244 e. The smallest absolute Gasteiger partial charge is 0.244 e. The predicted octanol–water partition coefficient (Wildman–Crippen LogP) is 4.90. The van der Waals surface area contributed by atoms with Crippen molar-refractivity contribution in [1.29, 1.82) is 0 Å². The van der Waals surface area contributed by atoms with Crippen LogP contribution in [0.25, 0.3) is 0 Å². The van der Waals surface area contributed by atoms with E-state index in [0.29, 0.717) is 21.4 Å². The molecular formula is C25H30Cl3N3O5S. The molecule has 2 aromatic carbocycles. The van der Waals surface area contributed by atoms with E-state index in [9.17, 15) is 18.0 Å². The third-order valence-electron chi connectivity index (χ3n) is 6.36. The highest BCUT2D eigenvalue weighted by Gasteiger charge is 2.32. The molecule has 1 saturated carbocycles. The highest BCUT2D eigenvalue weighted by atomic mass is 35.5. The number of carbonyl (C=O) groups is 2. The van der Waals surface area contributed by atoms with Crippen LogP contribution < -0.4 is 14.4 Å². The van der Waals surface area contributed by atoms with Gasteiger partial charge in [-0.05, 0) is 50.1 Å². The summed E-state index contributed by atoms with van der Waals surface area (Å²) in [6.45, 7) is 0.949. The number of rotatable bonds is 10. The molecule has 0 saturated heterocycles. The van der Waals surface area contributed by atoms with Crippen LogP contribution in [0.4, 0.5) is 5.69 Å². The van der Waals surface area contributed by atoms with E-state index in [1.54, 1.807) is 25.1 Å². The number of hydrogen-bond donors (Lipinski definition) is 1. The number of amides is 2. The second-order valence-corrected chi connectivity index (χ2v) is 12.1. The van der Waals surface area contributed by atoms with Crippen molar-refractivity contribution in [2.24, 2.45) is 0 Å². The second-order valence-electron chi connectivity index (χ2n) is 8.98. The van der Waals surface area contributed by atoms with Crippen LogP contribution in [0, 0.1) is 0 Å². The van der Waals surface area contributed by atoms with E-state index < -0.39 is 28.5 Å². The number of nitrogens with one attached hydrogen (secondary N) is 1. The maximum absolute atomic E-state index is 13.7. The molecular weight excluding hydrogens is 561 g/mol. The predicted molar refractivity (Wildman–Crippen MR) is 147 cm³/mol. The first-order chi connectivity index (χ1) is 17.4. The molecule has 0 radical (unpaired) electrons. The van der Waals surface area contributed by atoms with Crippen LogP contribution in [0.15, 0.2) is 36.4 Å². The van der Waals surface area contributed by atoms with Gasteiger partial charge < -0.3 is 15.0 Å². The third kappa shape index (κ3) is 7.44. The van der Waals surface area contributed by atoms with Gasteiger partial charge in [0.25, 0.3) is 0 Å². The molecule has 37 heavy (non-hydrogen) atoms. The number of ether oxygens (including phenoxy) is 1. The zero-order valence-electron chi connectivity index (χ0n) is 20.8. The number of nitrogens with zero attached hydrogens (tertiary/aromatic N) is 2. The number of anilines is 1. The Balaban J connectivity index is 1.94. The van der Waals surface area contributed by atoms with Crippen molar-refractivity contribution in [2.45, 2.75) is 51.2 Å². The topological polar surface area (TPSA) is 96.0 Å². The number of methoxy groups -OCH3 is 1. The Morgan fingerprint density at radius 2 is 1.70 bits per heavy atom. The lowest BCUT2D eigenvalue weighted by Crippen LogP contribution is -2.52.